The minimum atomic E-state index is -0.993. The largest absolute Gasteiger partial charge is 0.481 e. The number of amides is 1. The molecule has 1 atom stereocenters. The summed E-state index contributed by atoms with van der Waals surface area (Å²) in [6.07, 6.45) is -1.00. The van der Waals surface area contributed by atoms with Gasteiger partial charge in [-0.2, -0.15) is 0 Å². The summed E-state index contributed by atoms with van der Waals surface area (Å²) in [7, 11) is 0. The number of rotatable bonds is 7. The molecule has 1 aromatic heterocycles. The molecule has 3 aromatic rings. The summed E-state index contributed by atoms with van der Waals surface area (Å²) < 4.78 is 10.9. The van der Waals surface area contributed by atoms with Crippen LogP contribution in [0.3, 0.4) is 0 Å². The predicted molar refractivity (Wildman–Crippen MR) is 103 cm³/mol. The van der Waals surface area contributed by atoms with Crippen molar-refractivity contribution in [2.24, 2.45) is 0 Å². The maximum atomic E-state index is 12.0. The number of carboxylic acids is 1. The number of nitrogens with one attached hydrogen (secondary N) is 1. The summed E-state index contributed by atoms with van der Waals surface area (Å²) in [6, 6.07) is 15.9. The lowest BCUT2D eigenvalue weighted by atomic mass is 10.0. The van der Waals surface area contributed by atoms with Gasteiger partial charge in [-0.05, 0) is 30.2 Å². The summed E-state index contributed by atoms with van der Waals surface area (Å²) in [5, 5.41) is 11.8. The van der Waals surface area contributed by atoms with E-state index in [-0.39, 0.29) is 13.0 Å². The normalized spacial score (nSPS) is 11.8. The highest BCUT2D eigenvalue weighted by Crippen LogP contribution is 2.29. The van der Waals surface area contributed by atoms with Gasteiger partial charge in [0.2, 0.25) is 0 Å². The van der Waals surface area contributed by atoms with Crippen molar-refractivity contribution < 1.29 is 23.8 Å². The standard InChI is InChI=1S/C21H19NO6/c1-13(21(26)22-10-9-19(23)24)27-15-7-8-16-17(14-5-3-2-4-6-14)12-20(25)28-18(16)11-15/h2-8,11-13H,9-10H2,1H3,(H,22,26)(H,23,24). The van der Waals surface area contributed by atoms with E-state index in [0.717, 1.165) is 16.5 Å². The zero-order valence-electron chi connectivity index (χ0n) is 15.2. The molecule has 2 N–H and O–H groups in total. The van der Waals surface area contributed by atoms with Crippen molar-refractivity contribution in [2.45, 2.75) is 19.4 Å². The Balaban J connectivity index is 1.82. The van der Waals surface area contributed by atoms with Gasteiger partial charge in [0.05, 0.1) is 6.42 Å². The first-order valence-corrected chi connectivity index (χ1v) is 8.73. The molecule has 1 unspecified atom stereocenters. The van der Waals surface area contributed by atoms with Crippen molar-refractivity contribution in [1.82, 2.24) is 5.32 Å². The van der Waals surface area contributed by atoms with Crippen LogP contribution < -0.4 is 15.7 Å². The van der Waals surface area contributed by atoms with Gasteiger partial charge in [0, 0.05) is 24.1 Å². The summed E-state index contributed by atoms with van der Waals surface area (Å²) >= 11 is 0. The molecule has 0 aliphatic rings. The van der Waals surface area contributed by atoms with E-state index in [4.69, 9.17) is 14.3 Å². The molecule has 0 fully saturated rings. The molecule has 0 bridgehead atoms. The lowest BCUT2D eigenvalue weighted by molar-refractivity contribution is -0.137. The highest BCUT2D eigenvalue weighted by molar-refractivity contribution is 5.93. The molecule has 1 amide bonds. The molecule has 0 aliphatic carbocycles. The van der Waals surface area contributed by atoms with Gasteiger partial charge in [-0.15, -0.1) is 0 Å². The van der Waals surface area contributed by atoms with Gasteiger partial charge in [-0.25, -0.2) is 4.79 Å². The van der Waals surface area contributed by atoms with E-state index in [0.29, 0.717) is 11.3 Å². The third-order valence-corrected chi connectivity index (χ3v) is 4.12. The van der Waals surface area contributed by atoms with E-state index < -0.39 is 23.6 Å². The van der Waals surface area contributed by atoms with E-state index >= 15 is 0 Å². The van der Waals surface area contributed by atoms with E-state index in [1.54, 1.807) is 25.1 Å². The van der Waals surface area contributed by atoms with Crippen molar-refractivity contribution in [3.05, 3.63) is 65.0 Å². The van der Waals surface area contributed by atoms with Crippen LogP contribution in [-0.4, -0.2) is 29.6 Å². The highest BCUT2D eigenvalue weighted by atomic mass is 16.5. The van der Waals surface area contributed by atoms with Crippen LogP contribution >= 0.6 is 0 Å². The molecule has 1 heterocycles. The number of benzene rings is 2. The summed E-state index contributed by atoms with van der Waals surface area (Å²) in [5.41, 5.74) is 1.50. The van der Waals surface area contributed by atoms with Crippen LogP contribution in [0.5, 0.6) is 5.75 Å². The number of aliphatic carboxylic acids is 1. The minimum absolute atomic E-state index is 0.0227. The Morgan fingerprint density at radius 2 is 1.89 bits per heavy atom. The Bertz CT molecular complexity index is 1060. The SMILES string of the molecule is CC(Oc1ccc2c(-c3ccccc3)cc(=O)oc2c1)C(=O)NCCC(=O)O. The average molecular weight is 381 g/mol. The fourth-order valence-corrected chi connectivity index (χ4v) is 2.77. The minimum Gasteiger partial charge on any atom is -0.481 e. The summed E-state index contributed by atoms with van der Waals surface area (Å²) in [6.45, 7) is 1.58. The Hall–Kier alpha value is -3.61. The lowest BCUT2D eigenvalue weighted by Crippen LogP contribution is -2.37. The summed E-state index contributed by atoms with van der Waals surface area (Å²) in [5.74, 6) is -1.06. The van der Waals surface area contributed by atoms with Gasteiger partial charge < -0.3 is 19.6 Å². The molecule has 144 valence electrons. The smallest absolute Gasteiger partial charge is 0.336 e. The van der Waals surface area contributed by atoms with Crippen molar-refractivity contribution in [2.75, 3.05) is 6.54 Å². The van der Waals surface area contributed by atoms with Crippen LogP contribution in [0.1, 0.15) is 13.3 Å². The van der Waals surface area contributed by atoms with E-state index in [1.807, 2.05) is 30.3 Å². The lowest BCUT2D eigenvalue weighted by Gasteiger charge is -2.15. The van der Waals surface area contributed by atoms with Gasteiger partial charge in [0.25, 0.3) is 5.91 Å². The van der Waals surface area contributed by atoms with Crippen LogP contribution in [0.15, 0.2) is 63.8 Å². The number of fused-ring (bicyclic) bond motifs is 1. The molecule has 7 heteroatoms. The van der Waals surface area contributed by atoms with Crippen LogP contribution in [0.25, 0.3) is 22.1 Å². The molecule has 0 spiro atoms. The van der Waals surface area contributed by atoms with Gasteiger partial charge in [-0.1, -0.05) is 30.3 Å². The Labute approximate surface area is 160 Å². The quantitative estimate of drug-likeness (QED) is 0.610. The topological polar surface area (TPSA) is 106 Å². The summed E-state index contributed by atoms with van der Waals surface area (Å²) in [4.78, 5) is 34.5. The van der Waals surface area contributed by atoms with E-state index in [9.17, 15) is 14.4 Å². The third kappa shape index (κ3) is 4.56. The fraction of sp³-hybridized carbons (Fsp3) is 0.190. The third-order valence-electron chi connectivity index (χ3n) is 4.12. The Morgan fingerprint density at radius 1 is 1.14 bits per heavy atom. The zero-order valence-corrected chi connectivity index (χ0v) is 15.2. The molecular formula is C21H19NO6. The van der Waals surface area contributed by atoms with Crippen molar-refractivity contribution >= 4 is 22.8 Å². The molecule has 0 saturated heterocycles. The first kappa shape index (κ1) is 19.2. The van der Waals surface area contributed by atoms with Crippen LogP contribution in [0.2, 0.25) is 0 Å². The molecular weight excluding hydrogens is 362 g/mol. The predicted octanol–water partition coefficient (Wildman–Crippen LogP) is 2.82. The maximum Gasteiger partial charge on any atom is 0.336 e. The van der Waals surface area contributed by atoms with Gasteiger partial charge in [0.15, 0.2) is 6.10 Å². The first-order valence-electron chi connectivity index (χ1n) is 8.73. The van der Waals surface area contributed by atoms with Crippen LogP contribution in [0.4, 0.5) is 0 Å². The average Bonchev–Trinajstić information content (AvgIpc) is 2.67. The van der Waals surface area contributed by atoms with Gasteiger partial charge in [-0.3, -0.25) is 9.59 Å². The molecule has 0 radical (unpaired) electrons. The van der Waals surface area contributed by atoms with Crippen molar-refractivity contribution in [3.63, 3.8) is 0 Å². The Kier molecular flexibility index (Phi) is 5.74. The number of ether oxygens (including phenoxy) is 1. The molecule has 7 nitrogen and oxygen atoms in total. The van der Waals surface area contributed by atoms with E-state index in [1.165, 1.54) is 6.07 Å². The number of hydrogen-bond acceptors (Lipinski definition) is 5. The molecule has 0 saturated carbocycles. The molecule has 0 aliphatic heterocycles. The zero-order chi connectivity index (χ0) is 20.1. The van der Waals surface area contributed by atoms with E-state index in [2.05, 4.69) is 5.32 Å². The first-order chi connectivity index (χ1) is 13.4. The second-order valence-corrected chi connectivity index (χ2v) is 6.20. The second kappa shape index (κ2) is 8.39. The van der Waals surface area contributed by atoms with Gasteiger partial charge >= 0.3 is 11.6 Å². The molecule has 28 heavy (non-hydrogen) atoms. The van der Waals surface area contributed by atoms with Gasteiger partial charge in [0.1, 0.15) is 11.3 Å². The number of hydrogen-bond donors (Lipinski definition) is 2. The van der Waals surface area contributed by atoms with Crippen LogP contribution in [0, 0.1) is 0 Å². The molecule has 3 rings (SSSR count). The van der Waals surface area contributed by atoms with Crippen LogP contribution in [-0.2, 0) is 9.59 Å². The monoisotopic (exact) mass is 381 g/mol. The number of carbonyl (C=O) groups excluding carboxylic acids is 1. The number of carboxylic acid groups (broad SMARTS) is 1. The molecule has 2 aromatic carbocycles. The highest BCUT2D eigenvalue weighted by Gasteiger charge is 2.16. The van der Waals surface area contributed by atoms with Crippen molar-refractivity contribution in [3.8, 4) is 16.9 Å². The Morgan fingerprint density at radius 3 is 2.61 bits per heavy atom. The fourth-order valence-electron chi connectivity index (χ4n) is 2.77. The van der Waals surface area contributed by atoms with Crippen molar-refractivity contribution in [1.29, 1.82) is 0 Å². The number of carbonyl (C=O) groups is 2. The maximum absolute atomic E-state index is 12.0. The second-order valence-electron chi connectivity index (χ2n) is 6.20.